The van der Waals surface area contributed by atoms with Crippen LogP contribution < -0.4 is 21.5 Å². The van der Waals surface area contributed by atoms with Crippen molar-refractivity contribution in [1.29, 1.82) is 0 Å². The van der Waals surface area contributed by atoms with Crippen LogP contribution in [0.3, 0.4) is 0 Å². The molecule has 0 saturated heterocycles. The predicted octanol–water partition coefficient (Wildman–Crippen LogP) is 7.85. The van der Waals surface area contributed by atoms with Gasteiger partial charge in [-0.1, -0.05) is 109 Å². The van der Waals surface area contributed by atoms with Crippen LogP contribution in [0.4, 0.5) is 17.1 Å². The second-order valence-corrected chi connectivity index (χ2v) is 11.9. The zero-order valence-electron chi connectivity index (χ0n) is 23.4. The molecule has 2 aliphatic heterocycles. The minimum atomic E-state index is 0.164. The number of nitrogens with zero attached hydrogens (tertiary/aromatic N) is 1. The first-order valence-corrected chi connectivity index (χ1v) is 15.0. The molecule has 206 valence electrons. The number of hydrogen-bond donors (Lipinski definition) is 3. The predicted molar refractivity (Wildman–Crippen MR) is 175 cm³/mol. The van der Waals surface area contributed by atoms with E-state index >= 15 is 0 Å². The number of thioether (sulfide) groups is 1. The van der Waals surface area contributed by atoms with Gasteiger partial charge in [-0.25, -0.2) is 5.43 Å². The van der Waals surface area contributed by atoms with Crippen LogP contribution in [0.5, 0.6) is 0 Å². The van der Waals surface area contributed by atoms with Crippen molar-refractivity contribution < 1.29 is 0 Å². The summed E-state index contributed by atoms with van der Waals surface area (Å²) in [6.07, 6.45) is 7.00. The van der Waals surface area contributed by atoms with E-state index in [0.29, 0.717) is 6.54 Å². The van der Waals surface area contributed by atoms with Crippen LogP contribution in [-0.4, -0.2) is 12.6 Å². The number of allylic oxidation sites excluding steroid dienone is 2. The van der Waals surface area contributed by atoms with Gasteiger partial charge in [-0.2, -0.15) is 0 Å². The first kappa shape index (κ1) is 27.0. The van der Waals surface area contributed by atoms with E-state index in [4.69, 9.17) is 5.73 Å². The number of hydrazine groups is 1. The van der Waals surface area contributed by atoms with Gasteiger partial charge in [0.1, 0.15) is 0 Å². The number of benzene rings is 4. The van der Waals surface area contributed by atoms with E-state index in [2.05, 4.69) is 132 Å². The lowest BCUT2D eigenvalue weighted by Crippen LogP contribution is -2.39. The highest BCUT2D eigenvalue weighted by atomic mass is 32.2. The highest BCUT2D eigenvalue weighted by Crippen LogP contribution is 2.37. The Kier molecular flexibility index (Phi) is 7.99. The van der Waals surface area contributed by atoms with Crippen LogP contribution in [0.2, 0.25) is 0 Å². The molecule has 4 aromatic rings. The third kappa shape index (κ3) is 5.97. The normalized spacial score (nSPS) is 16.6. The van der Waals surface area contributed by atoms with Gasteiger partial charge >= 0.3 is 0 Å². The van der Waals surface area contributed by atoms with Gasteiger partial charge < -0.3 is 11.1 Å². The van der Waals surface area contributed by atoms with Crippen molar-refractivity contribution in [2.75, 3.05) is 16.9 Å². The third-order valence-electron chi connectivity index (χ3n) is 7.78. The molecule has 0 aromatic heterocycles. The van der Waals surface area contributed by atoms with Crippen molar-refractivity contribution in [2.45, 2.75) is 32.2 Å². The fourth-order valence-electron chi connectivity index (χ4n) is 5.78. The number of fused-ring (bicyclic) bond motifs is 4. The minimum Gasteiger partial charge on any atom is -0.400 e. The minimum absolute atomic E-state index is 0.164. The second-order valence-electron chi connectivity index (χ2n) is 10.6. The van der Waals surface area contributed by atoms with Crippen molar-refractivity contribution in [2.24, 2.45) is 5.73 Å². The molecule has 2 aliphatic rings. The topological polar surface area (TPSA) is 53.3 Å². The summed E-state index contributed by atoms with van der Waals surface area (Å²) >= 11 is 1.68. The van der Waals surface area contributed by atoms with Crippen LogP contribution in [0.1, 0.15) is 34.7 Å². The Morgan fingerprint density at radius 3 is 2.10 bits per heavy atom. The summed E-state index contributed by atoms with van der Waals surface area (Å²) in [5.74, 6) is 0. The number of nitrogens with one attached hydrogen (secondary N) is 2. The van der Waals surface area contributed by atoms with Gasteiger partial charge in [0.15, 0.2) is 0 Å². The zero-order chi connectivity index (χ0) is 28.2. The van der Waals surface area contributed by atoms with E-state index in [1.807, 2.05) is 6.08 Å². The van der Waals surface area contributed by atoms with Crippen LogP contribution in [0.15, 0.2) is 131 Å². The molecule has 0 radical (unpaired) electrons. The van der Waals surface area contributed by atoms with Crippen molar-refractivity contribution in [1.82, 2.24) is 5.43 Å². The maximum atomic E-state index is 6.69. The molecule has 4 aromatic carbocycles. The van der Waals surface area contributed by atoms with Crippen molar-refractivity contribution in [3.8, 4) is 0 Å². The fourth-order valence-corrected chi connectivity index (χ4v) is 6.65. The summed E-state index contributed by atoms with van der Waals surface area (Å²) in [6.45, 7) is 6.76. The fraction of sp³-hybridized carbons (Fsp3) is 0.167. The molecule has 0 bridgehead atoms. The van der Waals surface area contributed by atoms with Gasteiger partial charge in [0.2, 0.25) is 0 Å². The van der Waals surface area contributed by atoms with E-state index in [-0.39, 0.29) is 6.04 Å². The summed E-state index contributed by atoms with van der Waals surface area (Å²) in [5, 5.41) is 5.97. The molecule has 5 heteroatoms. The highest BCUT2D eigenvalue weighted by molar-refractivity contribution is 8.06. The SMILES string of the molecule is C=C/C(S/C(C)=C/C1Cc2ccccc2Cc2ccccc2N1)=C(/N)CNN1c2ccccc2Cc2ccccc21. The summed E-state index contributed by atoms with van der Waals surface area (Å²) in [4.78, 5) is 2.15. The number of hydrogen-bond acceptors (Lipinski definition) is 5. The molecule has 0 saturated carbocycles. The van der Waals surface area contributed by atoms with Gasteiger partial charge in [0.05, 0.1) is 17.9 Å². The number of rotatable bonds is 7. The molecule has 6 rings (SSSR count). The standard InChI is InChI=1S/C36H36N4S/c1-3-36(32(37)24-38-40-34-18-10-7-15-29(34)22-30-16-8-11-19-35(30)40)41-25(2)20-31-23-27-13-5-4-12-26(27)21-28-14-6-9-17-33(28)39-31/h3-20,31,38-39H,1,21-24,37H2,2H3/b25-20+,36-32-. The molecule has 0 fully saturated rings. The molecule has 41 heavy (non-hydrogen) atoms. The quantitative estimate of drug-likeness (QED) is 0.202. The van der Waals surface area contributed by atoms with Crippen molar-refractivity contribution in [3.05, 3.63) is 159 Å². The van der Waals surface area contributed by atoms with Crippen molar-refractivity contribution in [3.63, 3.8) is 0 Å². The highest BCUT2D eigenvalue weighted by Gasteiger charge is 2.22. The summed E-state index contributed by atoms with van der Waals surface area (Å²) in [5.41, 5.74) is 21.3. The molecule has 0 aliphatic carbocycles. The first-order valence-electron chi connectivity index (χ1n) is 14.2. The van der Waals surface area contributed by atoms with Crippen molar-refractivity contribution >= 4 is 28.8 Å². The Morgan fingerprint density at radius 1 is 0.854 bits per heavy atom. The molecule has 1 atom stereocenters. The van der Waals surface area contributed by atoms with Crippen LogP contribution in [-0.2, 0) is 19.3 Å². The Labute approximate surface area is 247 Å². The lowest BCUT2D eigenvalue weighted by Gasteiger charge is -2.33. The molecular weight excluding hydrogens is 520 g/mol. The third-order valence-corrected chi connectivity index (χ3v) is 8.89. The summed E-state index contributed by atoms with van der Waals surface area (Å²) in [7, 11) is 0. The molecule has 4 N–H and O–H groups in total. The Hall–Kier alpha value is -4.19. The first-order chi connectivity index (χ1) is 20.1. The van der Waals surface area contributed by atoms with Gasteiger partial charge in [-0.15, -0.1) is 0 Å². The lowest BCUT2D eigenvalue weighted by molar-refractivity contribution is 0.734. The second kappa shape index (κ2) is 12.1. The maximum absolute atomic E-state index is 6.69. The Morgan fingerprint density at radius 2 is 1.41 bits per heavy atom. The van der Waals surface area contributed by atoms with Gasteiger partial charge in [0, 0.05) is 28.8 Å². The van der Waals surface area contributed by atoms with E-state index < -0.39 is 0 Å². The summed E-state index contributed by atoms with van der Waals surface area (Å²) < 4.78 is 0. The zero-order valence-corrected chi connectivity index (χ0v) is 24.3. The summed E-state index contributed by atoms with van der Waals surface area (Å²) in [6, 6.07) is 34.7. The Bertz CT molecular complexity index is 1540. The van der Waals surface area contributed by atoms with Gasteiger partial charge in [-0.3, -0.25) is 5.01 Å². The van der Waals surface area contributed by atoms with E-state index in [0.717, 1.165) is 29.9 Å². The monoisotopic (exact) mass is 556 g/mol. The van der Waals surface area contributed by atoms with E-state index in [1.165, 1.54) is 49.8 Å². The largest absolute Gasteiger partial charge is 0.400 e. The number of anilines is 3. The maximum Gasteiger partial charge on any atom is 0.0613 e. The van der Waals surface area contributed by atoms with E-state index in [9.17, 15) is 0 Å². The average molecular weight is 557 g/mol. The molecule has 4 nitrogen and oxygen atoms in total. The number of para-hydroxylation sites is 3. The molecule has 2 heterocycles. The smallest absolute Gasteiger partial charge is 0.0613 e. The Balaban J connectivity index is 1.21. The van der Waals surface area contributed by atoms with Gasteiger partial charge in [-0.05, 0) is 70.7 Å². The molecule has 1 unspecified atom stereocenters. The molecule has 0 amide bonds. The van der Waals surface area contributed by atoms with Crippen LogP contribution >= 0.6 is 11.8 Å². The van der Waals surface area contributed by atoms with E-state index in [1.54, 1.807) is 11.8 Å². The number of nitrogens with two attached hydrogens (primary N) is 1. The van der Waals surface area contributed by atoms with Crippen LogP contribution in [0, 0.1) is 0 Å². The molecular formula is C36H36N4S. The average Bonchev–Trinajstić information content (AvgIpc) is 2.98. The van der Waals surface area contributed by atoms with Crippen LogP contribution in [0.25, 0.3) is 0 Å². The van der Waals surface area contributed by atoms with Gasteiger partial charge in [0.25, 0.3) is 0 Å². The molecule has 0 spiro atoms. The lowest BCUT2D eigenvalue weighted by atomic mass is 9.92.